The zero-order chi connectivity index (χ0) is 30.5. The number of para-hydroxylation sites is 2. The molecule has 0 aliphatic carbocycles. The van der Waals surface area contributed by atoms with Crippen molar-refractivity contribution in [3.8, 4) is 5.75 Å². The normalized spacial score (nSPS) is 17.3. The minimum Gasteiger partial charge on any atom is -0.495 e. The van der Waals surface area contributed by atoms with E-state index in [-0.39, 0.29) is 30.8 Å². The lowest BCUT2D eigenvalue weighted by Crippen LogP contribution is -2.48. The molecule has 43 heavy (non-hydrogen) atoms. The molecule has 2 aliphatic rings. The Balaban J connectivity index is 1.29. The second-order valence-electron chi connectivity index (χ2n) is 11.0. The molecule has 0 N–H and O–H groups in total. The van der Waals surface area contributed by atoms with E-state index in [1.807, 2.05) is 91.5 Å². The van der Waals surface area contributed by atoms with Gasteiger partial charge in [0.15, 0.2) is 0 Å². The van der Waals surface area contributed by atoms with Crippen LogP contribution < -0.4 is 9.64 Å². The first-order valence-electron chi connectivity index (χ1n) is 14.8. The van der Waals surface area contributed by atoms with Gasteiger partial charge in [-0.05, 0) is 61.7 Å². The Morgan fingerprint density at radius 2 is 1.56 bits per heavy atom. The molecule has 0 saturated carbocycles. The first-order chi connectivity index (χ1) is 20.8. The van der Waals surface area contributed by atoms with Gasteiger partial charge >= 0.3 is 5.97 Å². The Morgan fingerprint density at radius 3 is 2.23 bits per heavy atom. The third-order valence-corrected chi connectivity index (χ3v) is 8.42. The van der Waals surface area contributed by atoms with Crippen LogP contribution in [0.2, 0.25) is 0 Å². The van der Waals surface area contributed by atoms with Gasteiger partial charge in [-0.25, -0.2) is 4.79 Å². The van der Waals surface area contributed by atoms with E-state index in [4.69, 9.17) is 9.47 Å². The van der Waals surface area contributed by atoms with Gasteiger partial charge in [0.05, 0.1) is 31.5 Å². The quantitative estimate of drug-likeness (QED) is 0.335. The number of carbonyl (C=O) groups excluding carboxylic acids is 3. The van der Waals surface area contributed by atoms with Crippen LogP contribution in [-0.4, -0.2) is 67.5 Å². The number of nitrogens with zero attached hydrogens (tertiary/aromatic N) is 3. The van der Waals surface area contributed by atoms with Crippen LogP contribution in [-0.2, 0) is 20.9 Å². The minimum atomic E-state index is -0.391. The highest BCUT2D eigenvalue weighted by molar-refractivity contribution is 5.96. The number of methoxy groups -OCH3 is 1. The fraction of sp³-hybridized carbons (Fsp3) is 0.343. The molecule has 0 bridgehead atoms. The Bertz CT molecular complexity index is 1520. The van der Waals surface area contributed by atoms with Gasteiger partial charge in [-0.15, -0.1) is 0 Å². The zero-order valence-corrected chi connectivity index (χ0v) is 25.3. The highest BCUT2D eigenvalue weighted by Crippen LogP contribution is 2.39. The Labute approximate surface area is 253 Å². The number of allylic oxidation sites excluding steroid dienone is 1. The van der Waals surface area contributed by atoms with Gasteiger partial charge in [-0.1, -0.05) is 48.5 Å². The third-order valence-electron chi connectivity index (χ3n) is 8.42. The third kappa shape index (κ3) is 6.28. The van der Waals surface area contributed by atoms with E-state index in [0.717, 1.165) is 41.2 Å². The van der Waals surface area contributed by atoms with E-state index in [1.54, 1.807) is 18.9 Å². The summed E-state index contributed by atoms with van der Waals surface area (Å²) in [5.41, 5.74) is 5.65. The van der Waals surface area contributed by atoms with Crippen molar-refractivity contribution in [2.45, 2.75) is 39.7 Å². The number of anilines is 1. The van der Waals surface area contributed by atoms with Crippen LogP contribution in [0.15, 0.2) is 84.1 Å². The predicted octanol–water partition coefficient (Wildman–Crippen LogP) is 5.32. The smallest absolute Gasteiger partial charge is 0.336 e. The predicted molar refractivity (Wildman–Crippen MR) is 166 cm³/mol. The summed E-state index contributed by atoms with van der Waals surface area (Å²) >= 11 is 0. The number of benzene rings is 3. The average Bonchev–Trinajstić information content (AvgIpc) is 3.03. The van der Waals surface area contributed by atoms with Gasteiger partial charge < -0.3 is 24.2 Å². The lowest BCUT2D eigenvalue weighted by molar-refractivity contribution is -0.140. The highest BCUT2D eigenvalue weighted by Gasteiger charge is 2.37. The fourth-order valence-electron chi connectivity index (χ4n) is 6.08. The van der Waals surface area contributed by atoms with Crippen LogP contribution in [0.3, 0.4) is 0 Å². The van der Waals surface area contributed by atoms with Crippen molar-refractivity contribution in [3.05, 3.63) is 106 Å². The monoisotopic (exact) mass is 581 g/mol. The summed E-state index contributed by atoms with van der Waals surface area (Å²) in [4.78, 5) is 45.7. The maximum atomic E-state index is 13.4. The minimum absolute atomic E-state index is 0.0120. The SMILES string of the molecule is CCOC(=O)C1=C(C)N(Cc2ccc(C(=O)N3CCN(c4ccccc4OC)CC3)cc2)C(=O)CC1c1ccccc1C. The van der Waals surface area contributed by atoms with Gasteiger partial charge in [0, 0.05) is 49.8 Å². The van der Waals surface area contributed by atoms with Crippen LogP contribution in [0, 0.1) is 6.92 Å². The molecule has 224 valence electrons. The van der Waals surface area contributed by atoms with E-state index < -0.39 is 5.97 Å². The van der Waals surface area contributed by atoms with Gasteiger partial charge in [-0.2, -0.15) is 0 Å². The molecule has 2 heterocycles. The summed E-state index contributed by atoms with van der Waals surface area (Å²) in [6, 6.07) is 23.2. The van der Waals surface area contributed by atoms with Crippen molar-refractivity contribution in [1.82, 2.24) is 9.80 Å². The molecule has 3 aromatic rings. The summed E-state index contributed by atoms with van der Waals surface area (Å²) in [6.45, 7) is 8.83. The molecule has 0 aromatic heterocycles. The number of hydrogen-bond donors (Lipinski definition) is 0. The topological polar surface area (TPSA) is 79.4 Å². The van der Waals surface area contributed by atoms with Crippen LogP contribution in [0.4, 0.5) is 5.69 Å². The molecule has 8 heteroatoms. The average molecular weight is 582 g/mol. The van der Waals surface area contributed by atoms with E-state index in [2.05, 4.69) is 4.90 Å². The highest BCUT2D eigenvalue weighted by atomic mass is 16.5. The summed E-state index contributed by atoms with van der Waals surface area (Å²) in [5, 5.41) is 0. The molecule has 5 rings (SSSR count). The second kappa shape index (κ2) is 13.2. The van der Waals surface area contributed by atoms with Gasteiger partial charge in [0.25, 0.3) is 5.91 Å². The summed E-state index contributed by atoms with van der Waals surface area (Å²) in [5.74, 6) is 0.0223. The van der Waals surface area contributed by atoms with Crippen molar-refractivity contribution in [2.24, 2.45) is 0 Å². The lowest BCUT2D eigenvalue weighted by Gasteiger charge is -2.36. The molecule has 1 unspecified atom stereocenters. The summed E-state index contributed by atoms with van der Waals surface area (Å²) < 4.78 is 10.9. The number of amides is 2. The standard InChI is InChI=1S/C35H39N3O5/c1-5-43-35(41)33-25(3)38(32(39)22-29(33)28-11-7-6-10-24(28)2)23-26-14-16-27(17-15-26)34(40)37-20-18-36(19-21-37)30-12-8-9-13-31(30)42-4/h6-17,29H,5,18-23H2,1-4H3. The van der Waals surface area contributed by atoms with E-state index in [9.17, 15) is 14.4 Å². The molecule has 1 saturated heterocycles. The molecule has 2 amide bonds. The van der Waals surface area contributed by atoms with E-state index in [1.165, 1.54) is 0 Å². The number of aryl methyl sites for hydroxylation is 1. The fourth-order valence-corrected chi connectivity index (χ4v) is 6.08. The number of rotatable bonds is 8. The van der Waals surface area contributed by atoms with Gasteiger partial charge in [-0.3, -0.25) is 9.59 Å². The second-order valence-corrected chi connectivity index (χ2v) is 11.0. The Morgan fingerprint density at radius 1 is 0.884 bits per heavy atom. The van der Waals surface area contributed by atoms with Crippen molar-refractivity contribution in [3.63, 3.8) is 0 Å². The Kier molecular flexibility index (Phi) is 9.14. The molecule has 2 aliphatic heterocycles. The number of esters is 1. The van der Waals surface area contributed by atoms with Crippen molar-refractivity contribution in [2.75, 3.05) is 44.8 Å². The van der Waals surface area contributed by atoms with Crippen LogP contribution in [0.1, 0.15) is 53.2 Å². The van der Waals surface area contributed by atoms with Crippen LogP contribution in [0.5, 0.6) is 5.75 Å². The maximum absolute atomic E-state index is 13.4. The molecule has 3 aromatic carbocycles. The number of ether oxygens (including phenoxy) is 2. The number of piperazine rings is 1. The first kappa shape index (κ1) is 29.9. The summed E-state index contributed by atoms with van der Waals surface area (Å²) in [7, 11) is 1.67. The van der Waals surface area contributed by atoms with Crippen molar-refractivity contribution >= 4 is 23.5 Å². The van der Waals surface area contributed by atoms with Gasteiger partial charge in [0.1, 0.15) is 5.75 Å². The lowest BCUT2D eigenvalue weighted by atomic mass is 9.81. The molecule has 0 radical (unpaired) electrons. The molecule has 1 atom stereocenters. The van der Waals surface area contributed by atoms with E-state index in [0.29, 0.717) is 36.5 Å². The van der Waals surface area contributed by atoms with Crippen LogP contribution >= 0.6 is 0 Å². The molecular weight excluding hydrogens is 542 g/mol. The zero-order valence-electron chi connectivity index (χ0n) is 25.3. The molecule has 8 nitrogen and oxygen atoms in total. The number of hydrogen-bond acceptors (Lipinski definition) is 6. The largest absolute Gasteiger partial charge is 0.495 e. The van der Waals surface area contributed by atoms with Crippen molar-refractivity contribution < 1.29 is 23.9 Å². The molecular formula is C35H39N3O5. The first-order valence-corrected chi connectivity index (χ1v) is 14.8. The molecule has 1 fully saturated rings. The Hall–Kier alpha value is -4.59. The van der Waals surface area contributed by atoms with Crippen molar-refractivity contribution in [1.29, 1.82) is 0 Å². The van der Waals surface area contributed by atoms with Gasteiger partial charge in [0.2, 0.25) is 5.91 Å². The van der Waals surface area contributed by atoms with Crippen LogP contribution in [0.25, 0.3) is 0 Å². The molecule has 0 spiro atoms. The number of carbonyl (C=O) groups is 3. The van der Waals surface area contributed by atoms with E-state index >= 15 is 0 Å². The summed E-state index contributed by atoms with van der Waals surface area (Å²) in [6.07, 6.45) is 0.188. The maximum Gasteiger partial charge on any atom is 0.336 e.